The SMILES string of the molecule is Nc1ccc(C(=O)NCCN(CCNC(=O)c2ccc(N)cc2)C2CC(CCCC[C@@H]3SCC4NC(O)CNC43)O2)cc1. The van der Waals surface area contributed by atoms with E-state index in [0.717, 1.165) is 31.4 Å². The predicted octanol–water partition coefficient (Wildman–Crippen LogP) is 1.35. The van der Waals surface area contributed by atoms with Gasteiger partial charge in [0.25, 0.3) is 11.8 Å². The number of nitrogen functional groups attached to an aromatic ring is 2. The number of aliphatic hydroxyl groups is 1. The van der Waals surface area contributed by atoms with Crippen LogP contribution in [0, 0.1) is 0 Å². The number of aliphatic hydroxyl groups excluding tert-OH is 1. The summed E-state index contributed by atoms with van der Waals surface area (Å²) in [6.45, 7) is 2.74. The lowest BCUT2D eigenvalue weighted by Crippen LogP contribution is -2.61. The highest BCUT2D eigenvalue weighted by Gasteiger charge is 2.40. The van der Waals surface area contributed by atoms with E-state index < -0.39 is 6.23 Å². The first-order valence-electron chi connectivity index (χ1n) is 15.3. The number of unbranched alkanes of at least 4 members (excludes halogenated alkanes) is 1. The highest BCUT2D eigenvalue weighted by molar-refractivity contribution is 8.00. The maximum absolute atomic E-state index is 12.6. The summed E-state index contributed by atoms with van der Waals surface area (Å²) in [6, 6.07) is 14.5. The van der Waals surface area contributed by atoms with Crippen molar-refractivity contribution in [3.63, 3.8) is 0 Å². The lowest BCUT2D eigenvalue weighted by molar-refractivity contribution is -0.198. The normalized spacial score (nSPS) is 26.5. The fourth-order valence-electron chi connectivity index (χ4n) is 6.01. The molecule has 0 saturated carbocycles. The zero-order chi connectivity index (χ0) is 30.2. The number of nitrogens with two attached hydrogens (primary N) is 2. The van der Waals surface area contributed by atoms with E-state index in [1.807, 2.05) is 11.8 Å². The van der Waals surface area contributed by atoms with Crippen LogP contribution >= 0.6 is 11.8 Å². The van der Waals surface area contributed by atoms with Gasteiger partial charge in [-0.25, -0.2) is 0 Å². The average molecular weight is 612 g/mol. The molecule has 6 atom stereocenters. The first-order chi connectivity index (χ1) is 20.9. The molecule has 12 heteroatoms. The molecule has 0 aliphatic carbocycles. The van der Waals surface area contributed by atoms with E-state index in [4.69, 9.17) is 16.2 Å². The molecule has 5 rings (SSSR count). The molecule has 0 aromatic heterocycles. The fourth-order valence-corrected chi connectivity index (χ4v) is 7.59. The number of benzene rings is 2. The Balaban J connectivity index is 1.04. The lowest BCUT2D eigenvalue weighted by atomic mass is 9.97. The summed E-state index contributed by atoms with van der Waals surface area (Å²) < 4.78 is 6.30. The van der Waals surface area contributed by atoms with Crippen LogP contribution in [-0.2, 0) is 4.74 Å². The topological polar surface area (TPSA) is 167 Å². The van der Waals surface area contributed by atoms with Gasteiger partial charge in [0.05, 0.1) is 6.10 Å². The van der Waals surface area contributed by atoms with Gasteiger partial charge in [-0.15, -0.1) is 0 Å². The molecule has 3 fully saturated rings. The Labute approximate surface area is 257 Å². The standard InChI is InChI=1S/C31H45N7O4S/c32-22-9-5-20(6-10-22)30(40)34-13-15-38(16-14-35-31(41)21-7-11-23(33)12-8-21)28-17-24(42-28)3-1-2-4-26-29-25(19-43-26)37-27(39)18-36-29/h5-12,24-29,36-37,39H,1-4,13-19,32-33H2,(H,34,40)(H,35,41)/t24?,25?,26-,27?,28?,29?/m0/s1. The predicted molar refractivity (Wildman–Crippen MR) is 171 cm³/mol. The zero-order valence-electron chi connectivity index (χ0n) is 24.5. The van der Waals surface area contributed by atoms with Gasteiger partial charge in [0, 0.05) is 84.7 Å². The van der Waals surface area contributed by atoms with Crippen LogP contribution in [-0.4, -0.2) is 96.2 Å². The third-order valence-electron chi connectivity index (χ3n) is 8.48. The molecule has 0 bridgehead atoms. The van der Waals surface area contributed by atoms with Crippen molar-refractivity contribution in [2.75, 3.05) is 49.9 Å². The molecule has 0 spiro atoms. The van der Waals surface area contributed by atoms with Crippen molar-refractivity contribution < 1.29 is 19.4 Å². The maximum Gasteiger partial charge on any atom is 0.251 e. The number of β-amino-alcohol motifs (C(OH)–C–C–N with tert-alkyl or cyclic N) is 1. The molecule has 2 aromatic carbocycles. The summed E-state index contributed by atoms with van der Waals surface area (Å²) >= 11 is 2.00. The second-order valence-electron chi connectivity index (χ2n) is 11.6. The Hall–Kier alpha value is -2.87. The molecule has 3 aliphatic heterocycles. The minimum absolute atomic E-state index is 0.0399. The van der Waals surface area contributed by atoms with Gasteiger partial charge in [-0.05, 0) is 61.4 Å². The van der Waals surface area contributed by atoms with Gasteiger partial charge in [0.15, 0.2) is 0 Å². The first-order valence-corrected chi connectivity index (χ1v) is 16.4. The van der Waals surface area contributed by atoms with Gasteiger partial charge < -0.3 is 37.3 Å². The minimum Gasteiger partial charge on any atom is -0.399 e. The van der Waals surface area contributed by atoms with Gasteiger partial charge in [0.2, 0.25) is 0 Å². The molecule has 234 valence electrons. The first kappa shape index (κ1) is 31.6. The van der Waals surface area contributed by atoms with E-state index in [-0.39, 0.29) is 24.1 Å². The Kier molecular flexibility index (Phi) is 11.2. The molecule has 2 amide bonds. The summed E-state index contributed by atoms with van der Waals surface area (Å²) in [6.07, 6.45) is 5.16. The third-order valence-corrected chi connectivity index (χ3v) is 9.99. The highest BCUT2D eigenvalue weighted by Crippen LogP contribution is 2.34. The van der Waals surface area contributed by atoms with E-state index in [9.17, 15) is 14.7 Å². The van der Waals surface area contributed by atoms with E-state index in [0.29, 0.717) is 72.6 Å². The largest absolute Gasteiger partial charge is 0.399 e. The fraction of sp³-hybridized carbons (Fsp3) is 0.548. The van der Waals surface area contributed by atoms with E-state index in [1.165, 1.54) is 6.42 Å². The van der Waals surface area contributed by atoms with Crippen molar-refractivity contribution in [2.24, 2.45) is 0 Å². The number of piperazine rings is 1. The van der Waals surface area contributed by atoms with Gasteiger partial charge in [-0.3, -0.25) is 19.8 Å². The number of carbonyl (C=O) groups excluding carboxylic acids is 2. The number of anilines is 2. The highest BCUT2D eigenvalue weighted by atomic mass is 32.2. The van der Waals surface area contributed by atoms with Gasteiger partial charge in [0.1, 0.15) is 12.5 Å². The van der Waals surface area contributed by atoms with Crippen LogP contribution in [0.25, 0.3) is 0 Å². The number of nitrogens with zero attached hydrogens (tertiary/aromatic N) is 1. The molecule has 5 unspecified atom stereocenters. The van der Waals surface area contributed by atoms with Crippen LogP contribution < -0.4 is 32.7 Å². The van der Waals surface area contributed by atoms with Crippen LogP contribution in [0.4, 0.5) is 11.4 Å². The van der Waals surface area contributed by atoms with E-state index >= 15 is 0 Å². The minimum atomic E-state index is -0.441. The molecule has 0 radical (unpaired) electrons. The van der Waals surface area contributed by atoms with Crippen molar-refractivity contribution >= 4 is 35.0 Å². The number of ether oxygens (including phenoxy) is 1. The Morgan fingerprint density at radius 1 is 0.930 bits per heavy atom. The number of thioether (sulfide) groups is 1. The summed E-state index contributed by atoms with van der Waals surface area (Å²) in [4.78, 5) is 27.3. The van der Waals surface area contributed by atoms with E-state index in [1.54, 1.807) is 48.5 Å². The Bertz CT molecular complexity index is 1130. The third kappa shape index (κ3) is 8.84. The Morgan fingerprint density at radius 3 is 2.07 bits per heavy atom. The zero-order valence-corrected chi connectivity index (χ0v) is 25.4. The molecule has 9 N–H and O–H groups in total. The summed E-state index contributed by atoms with van der Waals surface area (Å²) in [7, 11) is 0. The number of amides is 2. The second-order valence-corrected chi connectivity index (χ2v) is 12.9. The Morgan fingerprint density at radius 2 is 1.49 bits per heavy atom. The lowest BCUT2D eigenvalue weighted by Gasteiger charge is -2.43. The molecule has 11 nitrogen and oxygen atoms in total. The van der Waals surface area contributed by atoms with Crippen molar-refractivity contribution in [3.05, 3.63) is 59.7 Å². The number of hydrogen-bond donors (Lipinski definition) is 7. The summed E-state index contributed by atoms with van der Waals surface area (Å²) in [5.74, 6) is 0.751. The quantitative estimate of drug-likeness (QED) is 0.122. The number of hydrogen-bond acceptors (Lipinski definition) is 10. The number of rotatable bonds is 14. The average Bonchev–Trinajstić information content (AvgIpc) is 3.37. The summed E-state index contributed by atoms with van der Waals surface area (Å²) in [5.41, 5.74) is 13.8. The van der Waals surface area contributed by atoms with Crippen LogP contribution in [0.2, 0.25) is 0 Å². The molecule has 43 heavy (non-hydrogen) atoms. The second kappa shape index (κ2) is 15.2. The summed E-state index contributed by atoms with van der Waals surface area (Å²) in [5, 5.41) is 23.2. The van der Waals surface area contributed by atoms with Gasteiger partial charge >= 0.3 is 0 Å². The van der Waals surface area contributed by atoms with Gasteiger partial charge in [-0.1, -0.05) is 12.8 Å². The van der Waals surface area contributed by atoms with E-state index in [2.05, 4.69) is 26.2 Å². The molecule has 3 aliphatic rings. The van der Waals surface area contributed by atoms with Crippen LogP contribution in [0.15, 0.2) is 48.5 Å². The molecule has 3 heterocycles. The molecular weight excluding hydrogens is 566 g/mol. The van der Waals surface area contributed by atoms with Crippen molar-refractivity contribution in [1.29, 1.82) is 0 Å². The van der Waals surface area contributed by atoms with Gasteiger partial charge in [-0.2, -0.15) is 11.8 Å². The van der Waals surface area contributed by atoms with Crippen LogP contribution in [0.3, 0.4) is 0 Å². The van der Waals surface area contributed by atoms with Crippen molar-refractivity contribution in [3.8, 4) is 0 Å². The van der Waals surface area contributed by atoms with Crippen LogP contribution in [0.5, 0.6) is 0 Å². The number of carbonyl (C=O) groups is 2. The molecule has 2 aromatic rings. The monoisotopic (exact) mass is 611 g/mol. The number of nitrogens with one attached hydrogen (secondary N) is 4. The smallest absolute Gasteiger partial charge is 0.251 e. The molecular formula is C31H45N7O4S. The number of fused-ring (bicyclic) bond motifs is 1. The maximum atomic E-state index is 12.6. The molecule has 3 saturated heterocycles. The van der Waals surface area contributed by atoms with Crippen molar-refractivity contribution in [2.45, 2.75) is 68.0 Å². The van der Waals surface area contributed by atoms with Crippen LogP contribution in [0.1, 0.15) is 52.8 Å². The van der Waals surface area contributed by atoms with Crippen molar-refractivity contribution in [1.82, 2.24) is 26.2 Å².